The van der Waals surface area contributed by atoms with E-state index < -0.39 is 0 Å². The normalized spacial score (nSPS) is 13.3. The van der Waals surface area contributed by atoms with E-state index in [-0.39, 0.29) is 0 Å². The zero-order valence-electron chi connectivity index (χ0n) is 6.33. The van der Waals surface area contributed by atoms with Gasteiger partial charge in [0, 0.05) is 15.5 Å². The summed E-state index contributed by atoms with van der Waals surface area (Å²) in [6.45, 7) is 0. The molecule has 0 bridgehead atoms. The first-order chi connectivity index (χ1) is 5.95. The third-order valence-electron chi connectivity index (χ3n) is 2.10. The average Bonchev–Trinajstić information content (AvgIpc) is 2.62. The quantitative estimate of drug-likeness (QED) is 0.506. The fourth-order valence-corrected chi connectivity index (χ4v) is 5.73. The molecule has 2 atom stereocenters. The Labute approximate surface area is 75.6 Å². The van der Waals surface area contributed by atoms with Crippen LogP contribution >= 0.6 is 24.6 Å². The van der Waals surface area contributed by atoms with Crippen LogP contribution in [0.5, 0.6) is 0 Å². The van der Waals surface area contributed by atoms with Gasteiger partial charge in [-0.1, -0.05) is 20.3 Å². The molecule has 2 aliphatic rings. The molecule has 1 aromatic rings. The van der Waals surface area contributed by atoms with E-state index >= 15 is 0 Å². The van der Waals surface area contributed by atoms with E-state index in [9.17, 15) is 0 Å². The van der Waals surface area contributed by atoms with Gasteiger partial charge in [0.05, 0.1) is 0 Å². The van der Waals surface area contributed by atoms with Crippen LogP contribution in [0.1, 0.15) is 0 Å². The summed E-state index contributed by atoms with van der Waals surface area (Å²) >= 11 is 0. The zero-order valence-corrected chi connectivity index (χ0v) is 9.23. The van der Waals surface area contributed by atoms with Crippen LogP contribution in [-0.4, -0.2) is 0 Å². The van der Waals surface area contributed by atoms with Gasteiger partial charge in [-0.25, -0.2) is 0 Å². The highest BCUT2D eigenvalue weighted by molar-refractivity contribution is 7.56. The van der Waals surface area contributed by atoms with Gasteiger partial charge in [-0.05, 0) is 23.0 Å². The fourth-order valence-electron chi connectivity index (χ4n) is 1.55. The molecule has 1 aromatic heterocycles. The van der Waals surface area contributed by atoms with Crippen LogP contribution in [0.4, 0.5) is 0 Å². The van der Waals surface area contributed by atoms with Crippen LogP contribution in [0.2, 0.25) is 0 Å². The molecule has 3 rings (SSSR count). The lowest BCUT2D eigenvalue weighted by molar-refractivity contribution is 1.87. The molecule has 0 radical (unpaired) electrons. The Morgan fingerprint density at radius 3 is 3.25 bits per heavy atom. The van der Waals surface area contributed by atoms with Gasteiger partial charge in [-0.3, -0.25) is 0 Å². The summed E-state index contributed by atoms with van der Waals surface area (Å²) < 4.78 is 0. The van der Waals surface area contributed by atoms with Crippen molar-refractivity contribution in [1.29, 1.82) is 0 Å². The highest BCUT2D eigenvalue weighted by atomic mass is 31.1. The third-order valence-corrected chi connectivity index (χ3v) is 6.22. The van der Waals surface area contributed by atoms with Crippen LogP contribution in [-0.2, 0) is 0 Å². The lowest BCUT2D eigenvalue weighted by atomic mass is 10.3. The molecule has 1 aliphatic heterocycles. The van der Waals surface area contributed by atoms with Gasteiger partial charge in [-0.15, -0.1) is 16.4 Å². The molecular weight excluding hydrogens is 201 g/mol. The monoisotopic (exact) mass is 208 g/mol. The lowest BCUT2D eigenvalue weighted by Crippen LogP contribution is -1.62. The van der Waals surface area contributed by atoms with Crippen LogP contribution in [0.15, 0.2) is 29.5 Å². The van der Waals surface area contributed by atoms with Gasteiger partial charge in [0.1, 0.15) is 0 Å². The van der Waals surface area contributed by atoms with E-state index in [0.29, 0.717) is 0 Å². The van der Waals surface area contributed by atoms with Gasteiger partial charge >= 0.3 is 0 Å². The first-order valence-electron chi connectivity index (χ1n) is 3.84. The molecule has 2 heterocycles. The Morgan fingerprint density at radius 1 is 1.25 bits per heavy atom. The van der Waals surface area contributed by atoms with Gasteiger partial charge in [-0.2, -0.15) is 0 Å². The number of hydrogen-bond donors (Lipinski definition) is 0. The molecular formula is C9H7P3. The Bertz CT molecular complexity index is 491. The van der Waals surface area contributed by atoms with E-state index in [1.165, 1.54) is 13.8 Å². The topological polar surface area (TPSA) is 0 Å². The van der Waals surface area contributed by atoms with Crippen molar-refractivity contribution in [2.75, 3.05) is 0 Å². The van der Waals surface area contributed by atoms with Crippen LogP contribution in [0, 0.1) is 0 Å². The van der Waals surface area contributed by atoms with Crippen molar-refractivity contribution in [3.05, 3.63) is 29.5 Å². The smallest absolute Gasteiger partial charge is 0.0147 e. The molecule has 2 unspecified atom stereocenters. The highest BCUT2D eigenvalue weighted by Gasteiger charge is 2.08. The summed E-state index contributed by atoms with van der Waals surface area (Å²) in [6.07, 6.45) is 0. The Morgan fingerprint density at radius 2 is 2.25 bits per heavy atom. The third kappa shape index (κ3) is 0.898. The van der Waals surface area contributed by atoms with E-state index in [1.807, 2.05) is 0 Å². The van der Waals surface area contributed by atoms with Crippen molar-refractivity contribution < 1.29 is 0 Å². The number of fused-ring (bicyclic) bond motifs is 3. The van der Waals surface area contributed by atoms with Gasteiger partial charge in [0.2, 0.25) is 0 Å². The second-order valence-electron chi connectivity index (χ2n) is 2.81. The highest BCUT2D eigenvalue weighted by Crippen LogP contribution is 2.47. The molecule has 0 aromatic carbocycles. The minimum absolute atomic E-state index is 0.910. The maximum atomic E-state index is 2.38. The Hall–Kier alpha value is -0.270. The molecule has 12 heavy (non-hydrogen) atoms. The molecule has 3 heteroatoms. The first kappa shape index (κ1) is 7.16. The van der Waals surface area contributed by atoms with Gasteiger partial charge < -0.3 is 0 Å². The molecule has 0 fully saturated rings. The van der Waals surface area contributed by atoms with E-state index in [0.717, 1.165) is 16.4 Å². The molecule has 1 aliphatic carbocycles. The van der Waals surface area contributed by atoms with Crippen LogP contribution in [0.3, 0.4) is 0 Å². The molecule has 0 saturated heterocycles. The van der Waals surface area contributed by atoms with E-state index in [4.69, 9.17) is 0 Å². The molecule has 0 saturated carbocycles. The van der Waals surface area contributed by atoms with Crippen molar-refractivity contribution in [2.24, 2.45) is 0 Å². The fraction of sp³-hybridized carbons (Fsp3) is 0. The summed E-state index contributed by atoms with van der Waals surface area (Å²) in [5.41, 5.74) is 3.86. The summed E-state index contributed by atoms with van der Waals surface area (Å²) in [4.78, 5) is 0. The molecule has 0 nitrogen and oxygen atoms in total. The average molecular weight is 208 g/mol. The number of hydrogen-bond acceptors (Lipinski definition) is 0. The SMILES string of the molecule is c1c[pH]c2c3[pH]cpc3cc-2c1. The minimum atomic E-state index is 0.910. The lowest BCUT2D eigenvalue weighted by Gasteiger charge is -1.94. The molecule has 0 spiro atoms. The maximum absolute atomic E-state index is 2.38. The van der Waals surface area contributed by atoms with Crippen LogP contribution < -0.4 is 0 Å². The largest absolute Gasteiger partial charge is 0.131 e. The predicted molar refractivity (Wildman–Crippen MR) is 62.1 cm³/mol. The van der Waals surface area contributed by atoms with Crippen molar-refractivity contribution in [1.82, 2.24) is 0 Å². The molecule has 58 valence electrons. The molecule has 0 N–H and O–H groups in total. The van der Waals surface area contributed by atoms with Gasteiger partial charge in [0.15, 0.2) is 0 Å². The standard InChI is InChI=1S/C9H7P3/c1-2-6-4-7-9(12-5-11-7)8(6)10-3-1/h1-5,10,12H. The van der Waals surface area contributed by atoms with E-state index in [2.05, 4.69) is 29.5 Å². The van der Waals surface area contributed by atoms with E-state index in [1.54, 1.807) is 15.5 Å². The van der Waals surface area contributed by atoms with Crippen LogP contribution in [0.25, 0.3) is 21.1 Å². The van der Waals surface area contributed by atoms with Crippen molar-refractivity contribution in [3.63, 3.8) is 0 Å². The van der Waals surface area contributed by atoms with Crippen molar-refractivity contribution in [2.45, 2.75) is 0 Å². The summed E-state index contributed by atoms with van der Waals surface area (Å²) in [7, 11) is 3.31. The van der Waals surface area contributed by atoms with Crippen molar-refractivity contribution in [3.8, 4) is 10.9 Å². The minimum Gasteiger partial charge on any atom is -0.131 e. The van der Waals surface area contributed by atoms with Crippen molar-refractivity contribution >= 4 is 34.8 Å². The maximum Gasteiger partial charge on any atom is 0.0147 e. The second kappa shape index (κ2) is 2.61. The first-order valence-corrected chi connectivity index (χ1v) is 6.96. The van der Waals surface area contributed by atoms with Gasteiger partial charge in [0.25, 0.3) is 0 Å². The molecule has 0 amide bonds. The Balaban J connectivity index is 2.60. The second-order valence-corrected chi connectivity index (χ2v) is 6.49. The Kier molecular flexibility index (Phi) is 1.56. The summed E-state index contributed by atoms with van der Waals surface area (Å²) in [5, 5.41) is 4.82. The summed E-state index contributed by atoms with van der Waals surface area (Å²) in [6, 6.07) is 6.78. The zero-order chi connectivity index (χ0) is 7.97. The summed E-state index contributed by atoms with van der Waals surface area (Å²) in [5.74, 6) is 2.28. The predicted octanol–water partition coefficient (Wildman–Crippen LogP) is 4.59. The number of rotatable bonds is 0.